The van der Waals surface area contributed by atoms with E-state index in [1.54, 1.807) is 0 Å². The van der Waals surface area contributed by atoms with E-state index in [-0.39, 0.29) is 28.1 Å². The number of fused-ring (bicyclic) bond motifs is 1. The van der Waals surface area contributed by atoms with Gasteiger partial charge in [-0.25, -0.2) is 0 Å². The van der Waals surface area contributed by atoms with E-state index < -0.39 is 22.4 Å². The Morgan fingerprint density at radius 1 is 0.829 bits per heavy atom. The van der Waals surface area contributed by atoms with Crippen molar-refractivity contribution in [1.29, 1.82) is 0 Å². The molecule has 0 radical (unpaired) electrons. The molecular weight excluding hydrogens is 434 g/mol. The van der Waals surface area contributed by atoms with Crippen LogP contribution in [0.5, 0.6) is 0 Å². The van der Waals surface area contributed by atoms with Gasteiger partial charge < -0.3 is 9.64 Å². The van der Waals surface area contributed by atoms with E-state index in [0.717, 1.165) is 11.1 Å². The zero-order valence-corrected chi connectivity index (χ0v) is 24.3. The predicted octanol–water partition coefficient (Wildman–Crippen LogP) is 7.35. The first-order chi connectivity index (χ1) is 15.7. The minimum atomic E-state index is -0.949. The number of carbonyl (C=O) groups is 2. The Bertz CT molecular complexity index is 1040. The van der Waals surface area contributed by atoms with Gasteiger partial charge in [-0.2, -0.15) is 0 Å². The normalized spacial score (nSPS) is 27.1. The van der Waals surface area contributed by atoms with Gasteiger partial charge in [-0.1, -0.05) is 113 Å². The van der Waals surface area contributed by atoms with Crippen molar-refractivity contribution in [2.45, 2.75) is 101 Å². The number of amides is 1. The summed E-state index contributed by atoms with van der Waals surface area (Å²) in [5, 5.41) is 0. The average Bonchev–Trinajstić information content (AvgIpc) is 2.64. The van der Waals surface area contributed by atoms with Gasteiger partial charge in [0.1, 0.15) is 5.41 Å². The van der Waals surface area contributed by atoms with Crippen LogP contribution in [-0.4, -0.2) is 29.4 Å². The molecule has 3 unspecified atom stereocenters. The molecule has 35 heavy (non-hydrogen) atoms. The number of likely N-dealkylation sites (tertiary alicyclic amines) is 1. The molecule has 1 aromatic carbocycles. The minimum Gasteiger partial charge on any atom is -0.468 e. The van der Waals surface area contributed by atoms with Crippen LogP contribution in [0.15, 0.2) is 41.5 Å². The smallest absolute Gasteiger partial charge is 0.321 e. The zero-order valence-electron chi connectivity index (χ0n) is 24.3. The van der Waals surface area contributed by atoms with Gasteiger partial charge in [0.2, 0.25) is 5.91 Å². The van der Waals surface area contributed by atoms with Crippen molar-refractivity contribution < 1.29 is 14.3 Å². The lowest BCUT2D eigenvalue weighted by Crippen LogP contribution is -2.90. The Morgan fingerprint density at radius 2 is 1.31 bits per heavy atom. The fourth-order valence-electron chi connectivity index (χ4n) is 7.30. The Kier molecular flexibility index (Phi) is 6.24. The fourth-order valence-corrected chi connectivity index (χ4v) is 7.30. The maximum atomic E-state index is 14.3. The maximum Gasteiger partial charge on any atom is 0.321 e. The molecular formula is C31H47NO3. The number of nitrogens with zero attached hydrogens (tertiary/aromatic N) is 1. The molecule has 3 atom stereocenters. The highest BCUT2D eigenvalue weighted by molar-refractivity contribution is 5.97. The highest BCUT2D eigenvalue weighted by atomic mass is 16.5. The van der Waals surface area contributed by atoms with Gasteiger partial charge >= 0.3 is 5.97 Å². The van der Waals surface area contributed by atoms with Crippen LogP contribution in [0.25, 0.3) is 0 Å². The lowest BCUT2D eigenvalue weighted by molar-refractivity contribution is -0.259. The summed E-state index contributed by atoms with van der Waals surface area (Å²) >= 11 is 0. The Labute approximate surface area is 213 Å². The topological polar surface area (TPSA) is 46.6 Å². The van der Waals surface area contributed by atoms with E-state index in [1.807, 2.05) is 18.2 Å². The van der Waals surface area contributed by atoms with Crippen LogP contribution in [0.4, 0.5) is 0 Å². The van der Waals surface area contributed by atoms with E-state index >= 15 is 0 Å². The molecule has 0 aromatic heterocycles. The summed E-state index contributed by atoms with van der Waals surface area (Å²) in [7, 11) is 1.49. The molecule has 1 amide bonds. The Hall–Kier alpha value is -2.10. The van der Waals surface area contributed by atoms with E-state index in [9.17, 15) is 9.59 Å². The first kappa shape index (κ1) is 27.5. The second kappa shape index (κ2) is 7.95. The van der Waals surface area contributed by atoms with Crippen LogP contribution >= 0.6 is 0 Å². The van der Waals surface area contributed by atoms with Gasteiger partial charge in [0, 0.05) is 6.42 Å². The molecule has 1 saturated heterocycles. The second-order valence-corrected chi connectivity index (χ2v) is 14.8. The Balaban J connectivity index is 2.54. The van der Waals surface area contributed by atoms with Crippen LogP contribution in [0.2, 0.25) is 0 Å². The zero-order chi connectivity index (χ0) is 27.0. The first-order valence-electron chi connectivity index (χ1n) is 12.9. The number of carbonyl (C=O) groups excluding carboxylic acids is 2. The molecule has 0 N–H and O–H groups in total. The van der Waals surface area contributed by atoms with Crippen molar-refractivity contribution in [2.24, 2.45) is 27.1 Å². The number of ether oxygens (including phenoxy) is 1. The number of esters is 1. The highest BCUT2D eigenvalue weighted by Gasteiger charge is 2.89. The highest BCUT2D eigenvalue weighted by Crippen LogP contribution is 2.83. The van der Waals surface area contributed by atoms with Gasteiger partial charge in [-0.3, -0.25) is 9.59 Å². The minimum absolute atomic E-state index is 0.0931. The molecule has 0 bridgehead atoms. The van der Waals surface area contributed by atoms with Crippen LogP contribution in [-0.2, 0) is 14.3 Å². The van der Waals surface area contributed by atoms with Gasteiger partial charge in [0.15, 0.2) is 0 Å². The number of methoxy groups -OCH3 is 1. The lowest BCUT2D eigenvalue weighted by Gasteiger charge is -2.83. The van der Waals surface area contributed by atoms with Gasteiger partial charge in [-0.15, -0.1) is 0 Å². The third-order valence-electron chi connectivity index (χ3n) is 7.76. The van der Waals surface area contributed by atoms with Gasteiger partial charge in [0.05, 0.1) is 18.7 Å². The van der Waals surface area contributed by atoms with Crippen LogP contribution in [0.1, 0.15) is 101 Å². The predicted molar refractivity (Wildman–Crippen MR) is 143 cm³/mol. The van der Waals surface area contributed by atoms with Crippen LogP contribution in [0.3, 0.4) is 0 Å². The molecule has 1 fully saturated rings. The summed E-state index contributed by atoms with van der Waals surface area (Å²) in [4.78, 5) is 30.6. The second-order valence-electron chi connectivity index (χ2n) is 14.8. The number of rotatable bonds is 3. The summed E-state index contributed by atoms with van der Waals surface area (Å²) < 4.78 is 5.66. The summed E-state index contributed by atoms with van der Waals surface area (Å²) in [5.41, 5.74) is 0.493. The first-order valence-corrected chi connectivity index (χ1v) is 12.9. The van der Waals surface area contributed by atoms with E-state index in [4.69, 9.17) is 4.74 Å². The molecule has 0 spiro atoms. The summed E-state index contributed by atoms with van der Waals surface area (Å²) in [6.45, 7) is 26.0. The van der Waals surface area contributed by atoms with Crippen molar-refractivity contribution in [3.8, 4) is 0 Å². The molecule has 0 saturated carbocycles. The maximum absolute atomic E-state index is 14.3. The van der Waals surface area contributed by atoms with Crippen LogP contribution < -0.4 is 0 Å². The number of hydrogen-bond acceptors (Lipinski definition) is 3. The van der Waals surface area contributed by atoms with E-state index in [1.165, 1.54) is 12.7 Å². The number of hydrogen-bond donors (Lipinski definition) is 0. The number of benzene rings is 1. The van der Waals surface area contributed by atoms with Gasteiger partial charge in [-0.05, 0) is 38.4 Å². The SMILES string of the molecule is COC(=O)C12C(C(C)(C)C)=C(C(C)(C)C)C1(C(C)(C)C)N(C(=O)CC(C)(C)C)C2c1ccccc1. The average molecular weight is 482 g/mol. The van der Waals surface area contributed by atoms with E-state index in [2.05, 4.69) is 100 Å². The summed E-state index contributed by atoms with van der Waals surface area (Å²) in [6, 6.07) is 9.66. The molecule has 1 aromatic rings. The summed E-state index contributed by atoms with van der Waals surface area (Å²) in [6.07, 6.45) is 0.410. The molecule has 194 valence electrons. The monoisotopic (exact) mass is 481 g/mol. The summed E-state index contributed by atoms with van der Waals surface area (Å²) in [5.74, 6) is -0.144. The van der Waals surface area contributed by atoms with Crippen molar-refractivity contribution in [3.05, 3.63) is 47.0 Å². The quantitative estimate of drug-likeness (QED) is 0.335. The molecule has 4 nitrogen and oxygen atoms in total. The molecule has 2 aliphatic rings. The largest absolute Gasteiger partial charge is 0.468 e. The van der Waals surface area contributed by atoms with Crippen molar-refractivity contribution in [3.63, 3.8) is 0 Å². The van der Waals surface area contributed by atoms with E-state index in [0.29, 0.717) is 6.42 Å². The van der Waals surface area contributed by atoms with Crippen molar-refractivity contribution in [1.82, 2.24) is 4.90 Å². The molecule has 4 heteroatoms. The fraction of sp³-hybridized carbons (Fsp3) is 0.677. The standard InChI is InChI=1S/C31H47NO3/c1-26(2,3)19-21(33)32-24(20-17-15-14-16-18-20)30(25(34)35-13)22(27(4,5)6)23(28(7,8)9)31(30,32)29(10,11)12/h14-18,24H,19H2,1-13H3. The lowest BCUT2D eigenvalue weighted by atomic mass is 9.29. The van der Waals surface area contributed by atoms with Gasteiger partial charge in [0.25, 0.3) is 0 Å². The molecule has 1 aliphatic carbocycles. The third kappa shape index (κ3) is 3.61. The molecule has 3 rings (SSSR count). The van der Waals surface area contributed by atoms with Crippen molar-refractivity contribution in [2.75, 3.05) is 7.11 Å². The Morgan fingerprint density at radius 3 is 1.69 bits per heavy atom. The third-order valence-corrected chi connectivity index (χ3v) is 7.76. The van der Waals surface area contributed by atoms with Crippen LogP contribution in [0, 0.1) is 27.1 Å². The molecule has 1 aliphatic heterocycles. The molecule has 1 heterocycles. The van der Waals surface area contributed by atoms with Crippen molar-refractivity contribution >= 4 is 11.9 Å².